The van der Waals surface area contributed by atoms with Crippen molar-refractivity contribution in [2.24, 2.45) is 0 Å². The molecule has 26 heavy (non-hydrogen) atoms. The van der Waals surface area contributed by atoms with E-state index in [1.807, 2.05) is 12.1 Å². The molecule has 0 atom stereocenters. The van der Waals surface area contributed by atoms with Crippen LogP contribution in [0.2, 0.25) is 5.02 Å². The van der Waals surface area contributed by atoms with Crippen LogP contribution in [-0.2, 0) is 13.1 Å². The lowest BCUT2D eigenvalue weighted by molar-refractivity contribution is 0.240. The summed E-state index contributed by atoms with van der Waals surface area (Å²) in [5.74, 6) is -0.304. The van der Waals surface area contributed by atoms with Crippen molar-refractivity contribution in [3.8, 4) is 11.3 Å². The molecule has 0 saturated heterocycles. The van der Waals surface area contributed by atoms with E-state index in [2.05, 4.69) is 20.6 Å². The van der Waals surface area contributed by atoms with Gasteiger partial charge in [-0.3, -0.25) is 0 Å². The fourth-order valence-corrected chi connectivity index (χ4v) is 2.42. The Labute approximate surface area is 155 Å². The summed E-state index contributed by atoms with van der Waals surface area (Å²) in [4.78, 5) is 20.2. The standard InChI is InChI=1S/C19H16ClFN4O/c20-15-5-1-13(2-6-15)10-22-19(26)23-11-17-9-18(25-12-24-17)14-3-7-16(21)8-4-14/h1-9,12H,10-11H2,(H2,22,23,26). The molecule has 0 spiro atoms. The molecular weight excluding hydrogens is 355 g/mol. The summed E-state index contributed by atoms with van der Waals surface area (Å²) in [5, 5.41) is 6.16. The molecule has 0 saturated carbocycles. The Hall–Kier alpha value is -2.99. The number of nitrogens with zero attached hydrogens (tertiary/aromatic N) is 2. The zero-order chi connectivity index (χ0) is 18.4. The molecule has 7 heteroatoms. The van der Waals surface area contributed by atoms with E-state index in [1.165, 1.54) is 18.5 Å². The Morgan fingerprint density at radius 1 is 0.962 bits per heavy atom. The summed E-state index contributed by atoms with van der Waals surface area (Å²) < 4.78 is 13.0. The summed E-state index contributed by atoms with van der Waals surface area (Å²) in [6.45, 7) is 0.650. The first-order valence-corrected chi connectivity index (χ1v) is 8.31. The summed E-state index contributed by atoms with van der Waals surface area (Å²) in [7, 11) is 0. The maximum Gasteiger partial charge on any atom is 0.315 e. The van der Waals surface area contributed by atoms with Crippen LogP contribution in [0.15, 0.2) is 60.9 Å². The first-order valence-electron chi connectivity index (χ1n) is 7.93. The molecule has 3 rings (SSSR count). The highest BCUT2D eigenvalue weighted by molar-refractivity contribution is 6.30. The smallest absolute Gasteiger partial charge is 0.315 e. The minimum atomic E-state index is -0.304. The van der Waals surface area contributed by atoms with Gasteiger partial charge in [-0.25, -0.2) is 19.2 Å². The van der Waals surface area contributed by atoms with Crippen molar-refractivity contribution in [2.75, 3.05) is 0 Å². The van der Waals surface area contributed by atoms with E-state index in [0.29, 0.717) is 23.0 Å². The van der Waals surface area contributed by atoms with Crippen LogP contribution in [0.4, 0.5) is 9.18 Å². The van der Waals surface area contributed by atoms with Gasteiger partial charge in [0.1, 0.15) is 12.1 Å². The number of benzene rings is 2. The summed E-state index contributed by atoms with van der Waals surface area (Å²) >= 11 is 5.83. The fraction of sp³-hybridized carbons (Fsp3) is 0.105. The second-order valence-electron chi connectivity index (χ2n) is 5.56. The van der Waals surface area contributed by atoms with Gasteiger partial charge in [0, 0.05) is 17.1 Å². The number of hydrogen-bond donors (Lipinski definition) is 2. The molecule has 1 aromatic heterocycles. The molecule has 5 nitrogen and oxygen atoms in total. The van der Waals surface area contributed by atoms with Gasteiger partial charge in [-0.15, -0.1) is 0 Å². The van der Waals surface area contributed by atoms with Gasteiger partial charge in [-0.05, 0) is 48.0 Å². The van der Waals surface area contributed by atoms with Gasteiger partial charge >= 0.3 is 6.03 Å². The molecular formula is C19H16ClFN4O. The van der Waals surface area contributed by atoms with E-state index >= 15 is 0 Å². The molecule has 132 valence electrons. The lowest BCUT2D eigenvalue weighted by Crippen LogP contribution is -2.34. The van der Waals surface area contributed by atoms with Crippen LogP contribution in [-0.4, -0.2) is 16.0 Å². The molecule has 0 aliphatic rings. The molecule has 1 heterocycles. The first kappa shape index (κ1) is 17.8. The lowest BCUT2D eigenvalue weighted by Gasteiger charge is -2.08. The third kappa shape index (κ3) is 5.00. The summed E-state index contributed by atoms with van der Waals surface area (Å²) in [6.07, 6.45) is 1.42. The van der Waals surface area contributed by atoms with Gasteiger partial charge in [0.2, 0.25) is 0 Å². The molecule has 3 aromatic rings. The molecule has 0 bridgehead atoms. The molecule has 0 fully saturated rings. The van der Waals surface area contributed by atoms with E-state index in [1.54, 1.807) is 30.3 Å². The van der Waals surface area contributed by atoms with Crippen LogP contribution in [0.25, 0.3) is 11.3 Å². The van der Waals surface area contributed by atoms with Crippen molar-refractivity contribution in [2.45, 2.75) is 13.1 Å². The van der Waals surface area contributed by atoms with E-state index in [9.17, 15) is 9.18 Å². The maximum absolute atomic E-state index is 13.0. The predicted octanol–water partition coefficient (Wildman–Crippen LogP) is 3.94. The van der Waals surface area contributed by atoms with Crippen LogP contribution in [0.1, 0.15) is 11.3 Å². The average Bonchev–Trinajstić information content (AvgIpc) is 2.67. The topological polar surface area (TPSA) is 66.9 Å². The van der Waals surface area contributed by atoms with Crippen LogP contribution in [0, 0.1) is 5.82 Å². The Kier molecular flexibility index (Phi) is 5.76. The number of nitrogens with one attached hydrogen (secondary N) is 2. The van der Waals surface area contributed by atoms with Gasteiger partial charge in [-0.2, -0.15) is 0 Å². The van der Waals surface area contributed by atoms with Gasteiger partial charge in [0.15, 0.2) is 0 Å². The number of carbonyl (C=O) groups excluding carboxylic acids is 1. The molecule has 2 aromatic carbocycles. The average molecular weight is 371 g/mol. The number of hydrogen-bond acceptors (Lipinski definition) is 3. The van der Waals surface area contributed by atoms with E-state index < -0.39 is 0 Å². The third-order valence-corrected chi connectivity index (χ3v) is 3.91. The van der Waals surface area contributed by atoms with Crippen molar-refractivity contribution in [3.05, 3.63) is 83.0 Å². The zero-order valence-electron chi connectivity index (χ0n) is 13.7. The van der Waals surface area contributed by atoms with Gasteiger partial charge in [0.25, 0.3) is 0 Å². The molecule has 0 radical (unpaired) electrons. The fourth-order valence-electron chi connectivity index (χ4n) is 2.29. The number of carbonyl (C=O) groups is 1. The zero-order valence-corrected chi connectivity index (χ0v) is 14.5. The quantitative estimate of drug-likeness (QED) is 0.715. The van der Waals surface area contributed by atoms with E-state index in [0.717, 1.165) is 11.1 Å². The highest BCUT2D eigenvalue weighted by Gasteiger charge is 2.05. The number of aromatic nitrogens is 2. The SMILES string of the molecule is O=C(NCc1ccc(Cl)cc1)NCc1cc(-c2ccc(F)cc2)ncn1. The van der Waals surface area contributed by atoms with Crippen LogP contribution in [0.3, 0.4) is 0 Å². The Morgan fingerprint density at radius 3 is 2.38 bits per heavy atom. The van der Waals surface area contributed by atoms with Crippen molar-refractivity contribution in [1.82, 2.24) is 20.6 Å². The Balaban J connectivity index is 1.54. The lowest BCUT2D eigenvalue weighted by atomic mass is 10.1. The number of rotatable bonds is 5. The monoisotopic (exact) mass is 370 g/mol. The highest BCUT2D eigenvalue weighted by Crippen LogP contribution is 2.17. The third-order valence-electron chi connectivity index (χ3n) is 3.66. The summed E-state index contributed by atoms with van der Waals surface area (Å²) in [5.41, 5.74) is 3.05. The summed E-state index contributed by atoms with van der Waals surface area (Å²) in [6, 6.07) is 14.7. The Bertz CT molecular complexity index is 885. The van der Waals surface area contributed by atoms with Crippen molar-refractivity contribution < 1.29 is 9.18 Å². The molecule has 2 N–H and O–H groups in total. The minimum absolute atomic E-state index is 0.253. The Morgan fingerprint density at radius 2 is 1.65 bits per heavy atom. The second kappa shape index (κ2) is 8.40. The highest BCUT2D eigenvalue weighted by atomic mass is 35.5. The largest absolute Gasteiger partial charge is 0.334 e. The van der Waals surface area contributed by atoms with Gasteiger partial charge < -0.3 is 10.6 Å². The van der Waals surface area contributed by atoms with Crippen molar-refractivity contribution in [3.63, 3.8) is 0 Å². The van der Waals surface area contributed by atoms with Crippen molar-refractivity contribution >= 4 is 17.6 Å². The maximum atomic E-state index is 13.0. The van der Waals surface area contributed by atoms with E-state index in [-0.39, 0.29) is 18.4 Å². The normalized spacial score (nSPS) is 10.4. The van der Waals surface area contributed by atoms with E-state index in [4.69, 9.17) is 11.6 Å². The van der Waals surface area contributed by atoms with Crippen LogP contribution in [0.5, 0.6) is 0 Å². The minimum Gasteiger partial charge on any atom is -0.334 e. The molecule has 0 unspecified atom stereocenters. The predicted molar refractivity (Wildman–Crippen MR) is 98.0 cm³/mol. The second-order valence-corrected chi connectivity index (χ2v) is 6.00. The number of amides is 2. The number of urea groups is 1. The molecule has 0 aliphatic heterocycles. The van der Waals surface area contributed by atoms with Gasteiger partial charge in [-0.1, -0.05) is 23.7 Å². The first-order chi connectivity index (χ1) is 12.6. The molecule has 2 amide bonds. The van der Waals surface area contributed by atoms with Crippen LogP contribution < -0.4 is 10.6 Å². The van der Waals surface area contributed by atoms with Gasteiger partial charge in [0.05, 0.1) is 17.9 Å². The van der Waals surface area contributed by atoms with Crippen LogP contribution >= 0.6 is 11.6 Å². The van der Waals surface area contributed by atoms with Crippen molar-refractivity contribution in [1.29, 1.82) is 0 Å². The number of halogens is 2. The molecule has 0 aliphatic carbocycles.